The van der Waals surface area contributed by atoms with Crippen molar-refractivity contribution < 1.29 is 19.2 Å². The molecule has 0 aliphatic carbocycles. The first kappa shape index (κ1) is 16.1. The quantitative estimate of drug-likeness (QED) is 0.625. The molecule has 0 aromatic heterocycles. The summed E-state index contributed by atoms with van der Waals surface area (Å²) in [5.74, 6) is -1.60. The second-order valence-electron chi connectivity index (χ2n) is 6.99. The van der Waals surface area contributed by atoms with Gasteiger partial charge in [0.15, 0.2) is 0 Å². The SMILES string of the molecule is CC(=O)N1C(=O)N(C(C)=O)C2(C[C@H]3CCCC[C@@H](C2)N3C)C1=O. The third-order valence-corrected chi connectivity index (χ3v) is 5.66. The molecule has 0 saturated carbocycles. The highest BCUT2D eigenvalue weighted by Crippen LogP contribution is 2.44. The van der Waals surface area contributed by atoms with Crippen molar-refractivity contribution in [3.63, 3.8) is 0 Å². The highest BCUT2D eigenvalue weighted by atomic mass is 16.2. The first-order chi connectivity index (χ1) is 10.8. The van der Waals surface area contributed by atoms with Gasteiger partial charge in [-0.1, -0.05) is 12.8 Å². The lowest BCUT2D eigenvalue weighted by Crippen LogP contribution is -2.62. The van der Waals surface area contributed by atoms with Crippen LogP contribution in [0, 0.1) is 0 Å². The summed E-state index contributed by atoms with van der Waals surface area (Å²) < 4.78 is 0. The van der Waals surface area contributed by atoms with Crippen LogP contribution in [0.25, 0.3) is 0 Å². The molecule has 3 saturated heterocycles. The maximum Gasteiger partial charge on any atom is 0.341 e. The van der Waals surface area contributed by atoms with Crippen molar-refractivity contribution in [3.05, 3.63) is 0 Å². The van der Waals surface area contributed by atoms with Crippen LogP contribution in [-0.4, -0.2) is 63.1 Å². The largest absolute Gasteiger partial charge is 0.341 e. The van der Waals surface area contributed by atoms with E-state index in [0.717, 1.165) is 30.6 Å². The van der Waals surface area contributed by atoms with Crippen LogP contribution in [0.3, 0.4) is 0 Å². The monoisotopic (exact) mass is 321 g/mol. The lowest BCUT2D eigenvalue weighted by atomic mass is 9.77. The van der Waals surface area contributed by atoms with Gasteiger partial charge in [-0.15, -0.1) is 0 Å². The summed E-state index contributed by atoms with van der Waals surface area (Å²) >= 11 is 0. The van der Waals surface area contributed by atoms with Crippen molar-refractivity contribution in [1.29, 1.82) is 0 Å². The summed E-state index contributed by atoms with van der Waals surface area (Å²) in [5.41, 5.74) is -1.18. The van der Waals surface area contributed by atoms with E-state index in [0.29, 0.717) is 17.7 Å². The molecule has 3 aliphatic heterocycles. The maximum absolute atomic E-state index is 13.0. The fraction of sp³-hybridized carbons (Fsp3) is 0.750. The Morgan fingerprint density at radius 2 is 1.52 bits per heavy atom. The van der Waals surface area contributed by atoms with E-state index in [4.69, 9.17) is 0 Å². The van der Waals surface area contributed by atoms with Crippen molar-refractivity contribution in [2.75, 3.05) is 7.05 Å². The Hall–Kier alpha value is -1.76. The van der Waals surface area contributed by atoms with Gasteiger partial charge < -0.3 is 4.90 Å². The molecular formula is C16H23N3O4. The van der Waals surface area contributed by atoms with E-state index in [1.807, 2.05) is 0 Å². The minimum atomic E-state index is -1.18. The van der Waals surface area contributed by atoms with Crippen molar-refractivity contribution >= 4 is 23.8 Å². The third-order valence-electron chi connectivity index (χ3n) is 5.66. The predicted octanol–water partition coefficient (Wildman–Crippen LogP) is 1.12. The minimum absolute atomic E-state index is 0.154. The number of imide groups is 4. The zero-order chi connectivity index (χ0) is 16.9. The maximum atomic E-state index is 13.0. The highest BCUT2D eigenvalue weighted by Gasteiger charge is 2.63. The Kier molecular flexibility index (Phi) is 3.78. The van der Waals surface area contributed by atoms with Crippen molar-refractivity contribution in [2.24, 2.45) is 0 Å². The summed E-state index contributed by atoms with van der Waals surface area (Å²) in [4.78, 5) is 53.4. The molecule has 5 amide bonds. The van der Waals surface area contributed by atoms with Crippen LogP contribution in [0.5, 0.6) is 0 Å². The van der Waals surface area contributed by atoms with Gasteiger partial charge in [-0.3, -0.25) is 14.4 Å². The number of hydrogen-bond donors (Lipinski definition) is 0. The fourth-order valence-corrected chi connectivity index (χ4v) is 4.57. The number of hydrogen-bond acceptors (Lipinski definition) is 5. The number of carbonyl (C=O) groups is 4. The molecule has 0 N–H and O–H groups in total. The van der Waals surface area contributed by atoms with E-state index in [2.05, 4.69) is 11.9 Å². The summed E-state index contributed by atoms with van der Waals surface area (Å²) in [5, 5.41) is 0. The second kappa shape index (κ2) is 5.40. The summed E-state index contributed by atoms with van der Waals surface area (Å²) in [6.45, 7) is 2.48. The first-order valence-electron chi connectivity index (χ1n) is 8.21. The molecule has 7 nitrogen and oxygen atoms in total. The molecule has 3 atom stereocenters. The molecule has 3 aliphatic rings. The zero-order valence-electron chi connectivity index (χ0n) is 13.9. The van der Waals surface area contributed by atoms with Crippen LogP contribution in [-0.2, 0) is 14.4 Å². The van der Waals surface area contributed by atoms with Gasteiger partial charge >= 0.3 is 6.03 Å². The molecule has 3 rings (SSSR count). The average Bonchev–Trinajstić information content (AvgIpc) is 2.61. The number of piperidine rings is 1. The lowest BCUT2D eigenvalue weighted by Gasteiger charge is -2.48. The van der Waals surface area contributed by atoms with E-state index >= 15 is 0 Å². The van der Waals surface area contributed by atoms with E-state index in [-0.39, 0.29) is 12.1 Å². The Bertz CT molecular complexity index is 572. The normalized spacial score (nSPS) is 34.9. The number of carbonyl (C=O) groups excluding carboxylic acids is 4. The van der Waals surface area contributed by atoms with Gasteiger partial charge in [0.2, 0.25) is 11.8 Å². The van der Waals surface area contributed by atoms with Gasteiger partial charge in [-0.2, -0.15) is 4.90 Å². The van der Waals surface area contributed by atoms with E-state index in [1.54, 1.807) is 0 Å². The summed E-state index contributed by atoms with van der Waals surface area (Å²) in [7, 11) is 2.05. The van der Waals surface area contributed by atoms with Gasteiger partial charge in [0.05, 0.1) is 0 Å². The van der Waals surface area contributed by atoms with Gasteiger partial charge in [-0.05, 0) is 32.7 Å². The number of amides is 5. The molecule has 0 aromatic carbocycles. The standard InChI is InChI=1S/C16H23N3O4/c1-10(20)18-14(22)16(19(11(2)21)15(18)23)8-12-6-4-5-7-13(9-16)17(12)3/h12-13H,4-9H2,1-3H3/t12-,13+,16?. The topological polar surface area (TPSA) is 78.0 Å². The summed E-state index contributed by atoms with van der Waals surface area (Å²) in [6.07, 6.45) is 4.91. The number of urea groups is 1. The van der Waals surface area contributed by atoms with Crippen molar-refractivity contribution in [1.82, 2.24) is 14.7 Å². The number of rotatable bonds is 0. The lowest BCUT2D eigenvalue weighted by molar-refractivity contribution is -0.148. The minimum Gasteiger partial charge on any atom is -0.300 e. The molecule has 1 spiro atoms. The van der Waals surface area contributed by atoms with E-state index < -0.39 is 29.3 Å². The Morgan fingerprint density at radius 3 is 1.96 bits per heavy atom. The van der Waals surface area contributed by atoms with Crippen LogP contribution in [0.1, 0.15) is 52.4 Å². The van der Waals surface area contributed by atoms with Crippen LogP contribution in [0.15, 0.2) is 0 Å². The van der Waals surface area contributed by atoms with Gasteiger partial charge in [-0.25, -0.2) is 9.69 Å². The first-order valence-corrected chi connectivity index (χ1v) is 8.21. The predicted molar refractivity (Wildman–Crippen MR) is 81.2 cm³/mol. The smallest absolute Gasteiger partial charge is 0.300 e. The third kappa shape index (κ3) is 2.21. The van der Waals surface area contributed by atoms with Gasteiger partial charge in [0.1, 0.15) is 5.54 Å². The Balaban J connectivity index is 2.07. The average molecular weight is 321 g/mol. The molecular weight excluding hydrogens is 298 g/mol. The van der Waals surface area contributed by atoms with Crippen molar-refractivity contribution in [3.8, 4) is 0 Å². The molecule has 0 aromatic rings. The number of fused-ring (bicyclic) bond motifs is 2. The van der Waals surface area contributed by atoms with Crippen LogP contribution in [0.4, 0.5) is 4.79 Å². The molecule has 126 valence electrons. The van der Waals surface area contributed by atoms with E-state index in [9.17, 15) is 19.2 Å². The molecule has 7 heteroatoms. The molecule has 23 heavy (non-hydrogen) atoms. The fourth-order valence-electron chi connectivity index (χ4n) is 4.57. The molecule has 0 radical (unpaired) electrons. The summed E-state index contributed by atoms with van der Waals surface area (Å²) in [6, 6.07) is -0.472. The highest BCUT2D eigenvalue weighted by molar-refractivity contribution is 6.22. The van der Waals surface area contributed by atoms with Gasteiger partial charge in [0, 0.05) is 25.9 Å². The molecule has 3 fully saturated rings. The molecule has 2 bridgehead atoms. The zero-order valence-corrected chi connectivity index (χ0v) is 13.9. The van der Waals surface area contributed by atoms with E-state index in [1.165, 1.54) is 13.8 Å². The molecule has 1 unspecified atom stereocenters. The van der Waals surface area contributed by atoms with Gasteiger partial charge in [0.25, 0.3) is 5.91 Å². The Labute approximate surface area is 135 Å². The van der Waals surface area contributed by atoms with Crippen LogP contribution < -0.4 is 0 Å². The van der Waals surface area contributed by atoms with Crippen molar-refractivity contribution in [2.45, 2.75) is 70.0 Å². The molecule has 3 heterocycles. The second-order valence-corrected chi connectivity index (χ2v) is 6.99. The number of nitrogens with zero attached hydrogens (tertiary/aromatic N) is 3. The van der Waals surface area contributed by atoms with Crippen LogP contribution in [0.2, 0.25) is 0 Å². The Morgan fingerprint density at radius 1 is 1.00 bits per heavy atom. The van der Waals surface area contributed by atoms with Crippen LogP contribution >= 0.6 is 0 Å².